The van der Waals surface area contributed by atoms with Gasteiger partial charge >= 0.3 is 37.7 Å². The molecule has 8 heteroatoms. The van der Waals surface area contributed by atoms with Crippen LogP contribution in [-0.2, 0) is 10.1 Å². The van der Waals surface area contributed by atoms with E-state index in [0.717, 1.165) is 12.1 Å². The summed E-state index contributed by atoms with van der Waals surface area (Å²) in [6, 6.07) is 2.15. The van der Waals surface area contributed by atoms with Gasteiger partial charge < -0.3 is 5.73 Å². The topological polar surface area (TPSA) is 80.4 Å². The Kier molecular flexibility index (Phi) is 5.49. The summed E-state index contributed by atoms with van der Waals surface area (Å²) < 4.78 is 30.1. The van der Waals surface area contributed by atoms with E-state index in [1.165, 1.54) is 0 Å². The molecule has 0 atom stereocenters. The fourth-order valence-electron chi connectivity index (χ4n) is 0.767. The molecule has 0 saturated heterocycles. The molecule has 0 bridgehead atoms. The van der Waals surface area contributed by atoms with Gasteiger partial charge in [-0.3, -0.25) is 4.55 Å². The Morgan fingerprint density at radius 2 is 1.64 bits per heavy atom. The van der Waals surface area contributed by atoms with Crippen molar-refractivity contribution in [2.75, 3.05) is 5.73 Å². The molecule has 0 fully saturated rings. The second kappa shape index (κ2) is 5.21. The molecular weight excluding hydrogens is 277 g/mol. The Morgan fingerprint density at radius 1 is 1.21 bits per heavy atom. The number of rotatable bonds is 1. The fraction of sp³-hybridized carbons (Fsp3) is 0. The van der Waals surface area contributed by atoms with Crippen molar-refractivity contribution in [1.29, 1.82) is 0 Å². The van der Waals surface area contributed by atoms with Crippen molar-refractivity contribution < 1.29 is 13.0 Å². The quantitative estimate of drug-likeness (QED) is 0.456. The van der Waals surface area contributed by atoms with Crippen LogP contribution in [0.15, 0.2) is 17.0 Å². The van der Waals surface area contributed by atoms with Crippen molar-refractivity contribution in [1.82, 2.24) is 0 Å². The Bertz CT molecular complexity index is 449. The van der Waals surface area contributed by atoms with Crippen LogP contribution >= 0.6 is 23.2 Å². The number of nitrogens with two attached hydrogens (primary N) is 1. The van der Waals surface area contributed by atoms with Crippen molar-refractivity contribution >= 4 is 76.7 Å². The summed E-state index contributed by atoms with van der Waals surface area (Å²) in [4.78, 5) is -0.443. The van der Waals surface area contributed by atoms with Crippen LogP contribution in [0.1, 0.15) is 0 Å². The first-order chi connectivity index (χ1) is 5.82. The van der Waals surface area contributed by atoms with Gasteiger partial charge in [-0.1, -0.05) is 23.2 Å². The van der Waals surface area contributed by atoms with Crippen LogP contribution in [0.3, 0.4) is 0 Å². The first-order valence-electron chi connectivity index (χ1n) is 3.04. The number of hydrogen-bond acceptors (Lipinski definition) is 3. The van der Waals surface area contributed by atoms with Gasteiger partial charge in [0.1, 0.15) is 4.90 Å². The van der Waals surface area contributed by atoms with E-state index in [4.69, 9.17) is 33.5 Å². The molecule has 0 heterocycles. The summed E-state index contributed by atoms with van der Waals surface area (Å²) in [5, 5.41) is 0.148. The van der Waals surface area contributed by atoms with Gasteiger partial charge in [0.15, 0.2) is 0 Å². The standard InChI is InChI=1S/C6H5Cl2NO3S.Ca.2H/c7-3-1-5(9)6(2-4(3)8)13(10,11)12;;;/h1-2H,9H2,(H,10,11,12);;;. The fourth-order valence-corrected chi connectivity index (χ4v) is 1.79. The second-order valence-corrected chi connectivity index (χ2v) is 4.48. The maximum atomic E-state index is 10.7. The van der Waals surface area contributed by atoms with E-state index in [9.17, 15) is 8.42 Å². The zero-order chi connectivity index (χ0) is 10.2. The van der Waals surface area contributed by atoms with Crippen LogP contribution in [-0.4, -0.2) is 50.7 Å². The molecule has 1 aromatic rings. The third kappa shape index (κ3) is 3.41. The van der Waals surface area contributed by atoms with Gasteiger partial charge in [0, 0.05) is 0 Å². The van der Waals surface area contributed by atoms with Crippen LogP contribution in [0.4, 0.5) is 5.69 Å². The number of benzene rings is 1. The average molecular weight is 284 g/mol. The minimum absolute atomic E-state index is 0. The SMILES string of the molecule is Nc1cc(Cl)c(Cl)cc1S(=O)(=O)O.[CaH2]. The first-order valence-corrected chi connectivity index (χ1v) is 5.24. The number of nitrogen functional groups attached to an aromatic ring is 1. The molecule has 0 saturated carbocycles. The molecule has 0 aliphatic rings. The van der Waals surface area contributed by atoms with Crippen LogP contribution in [0.25, 0.3) is 0 Å². The molecule has 1 rings (SSSR count). The van der Waals surface area contributed by atoms with Gasteiger partial charge in [-0.05, 0) is 12.1 Å². The van der Waals surface area contributed by atoms with Gasteiger partial charge in [-0.25, -0.2) is 0 Å². The normalized spacial score (nSPS) is 10.8. The maximum absolute atomic E-state index is 10.7. The van der Waals surface area contributed by atoms with E-state index < -0.39 is 15.0 Å². The van der Waals surface area contributed by atoms with Gasteiger partial charge in [-0.2, -0.15) is 8.42 Å². The molecule has 14 heavy (non-hydrogen) atoms. The van der Waals surface area contributed by atoms with E-state index in [-0.39, 0.29) is 53.5 Å². The summed E-state index contributed by atoms with van der Waals surface area (Å²) in [5.74, 6) is 0. The van der Waals surface area contributed by atoms with Crippen LogP contribution < -0.4 is 5.73 Å². The van der Waals surface area contributed by atoms with Gasteiger partial charge in [0.05, 0.1) is 15.7 Å². The Morgan fingerprint density at radius 3 is 2.07 bits per heavy atom. The molecule has 4 nitrogen and oxygen atoms in total. The molecule has 0 unspecified atom stereocenters. The molecule has 0 aliphatic heterocycles. The number of halogens is 2. The number of hydrogen-bond donors (Lipinski definition) is 2. The third-order valence-corrected chi connectivity index (χ3v) is 2.96. The van der Waals surface area contributed by atoms with Gasteiger partial charge in [0.25, 0.3) is 10.1 Å². The molecule has 76 valence electrons. The van der Waals surface area contributed by atoms with E-state index in [0.29, 0.717) is 0 Å². The van der Waals surface area contributed by atoms with Gasteiger partial charge in [-0.15, -0.1) is 0 Å². The Balaban J connectivity index is 0.00000169. The molecule has 0 amide bonds. The van der Waals surface area contributed by atoms with Crippen molar-refractivity contribution in [2.24, 2.45) is 0 Å². The molecule has 1 aromatic carbocycles. The molecule has 3 N–H and O–H groups in total. The predicted molar refractivity (Wildman–Crippen MR) is 59.2 cm³/mol. The van der Waals surface area contributed by atoms with Crippen molar-refractivity contribution in [3.05, 3.63) is 22.2 Å². The van der Waals surface area contributed by atoms with E-state index >= 15 is 0 Å². The van der Waals surface area contributed by atoms with Crippen molar-refractivity contribution in [3.63, 3.8) is 0 Å². The molecule has 0 spiro atoms. The van der Waals surface area contributed by atoms with Crippen LogP contribution in [0.2, 0.25) is 10.0 Å². The predicted octanol–water partition coefficient (Wildman–Crippen LogP) is 0.906. The van der Waals surface area contributed by atoms with E-state index in [2.05, 4.69) is 0 Å². The summed E-state index contributed by atoms with van der Waals surface area (Å²) in [7, 11) is -4.34. The van der Waals surface area contributed by atoms with Crippen molar-refractivity contribution in [2.45, 2.75) is 4.90 Å². The third-order valence-electron chi connectivity index (χ3n) is 1.33. The summed E-state index contributed by atoms with van der Waals surface area (Å²) >= 11 is 11.1. The summed E-state index contributed by atoms with van der Waals surface area (Å²) in [5.41, 5.74) is 5.15. The average Bonchev–Trinajstić information content (AvgIpc) is 1.94. The second-order valence-electron chi connectivity index (χ2n) is 2.28. The molecular formula is C6H7CaCl2NO3S. The first kappa shape index (κ1) is 14.8. The number of anilines is 1. The van der Waals surface area contributed by atoms with E-state index in [1.54, 1.807) is 0 Å². The molecule has 0 radical (unpaired) electrons. The molecule has 0 aromatic heterocycles. The van der Waals surface area contributed by atoms with Gasteiger partial charge in [0.2, 0.25) is 0 Å². The zero-order valence-electron chi connectivity index (χ0n) is 6.16. The minimum atomic E-state index is -4.34. The monoisotopic (exact) mass is 283 g/mol. The van der Waals surface area contributed by atoms with Crippen molar-refractivity contribution in [3.8, 4) is 0 Å². The van der Waals surface area contributed by atoms with Crippen LogP contribution in [0.5, 0.6) is 0 Å². The van der Waals surface area contributed by atoms with E-state index in [1.807, 2.05) is 0 Å². The Labute approximate surface area is 121 Å². The zero-order valence-corrected chi connectivity index (χ0v) is 8.49. The van der Waals surface area contributed by atoms with Crippen LogP contribution in [0, 0.1) is 0 Å². The summed E-state index contributed by atoms with van der Waals surface area (Å²) in [6.07, 6.45) is 0. The summed E-state index contributed by atoms with van der Waals surface area (Å²) in [6.45, 7) is 0. The Hall–Kier alpha value is 0.770. The molecule has 0 aliphatic carbocycles.